The second-order valence-electron chi connectivity index (χ2n) is 4.18. The number of ether oxygens (including phenoxy) is 2. The minimum atomic E-state index is 0.576. The zero-order valence-electron chi connectivity index (χ0n) is 11.5. The molecule has 1 aromatic rings. The summed E-state index contributed by atoms with van der Waals surface area (Å²) >= 11 is 3.55. The summed E-state index contributed by atoms with van der Waals surface area (Å²) in [6, 6.07) is 0. The summed E-state index contributed by atoms with van der Waals surface area (Å²) in [5, 5.41) is 4.43. The molecule has 0 unspecified atom stereocenters. The molecule has 5 heteroatoms. The van der Waals surface area contributed by atoms with Crippen molar-refractivity contribution in [3.8, 4) is 0 Å². The second kappa shape index (κ2) is 8.67. The van der Waals surface area contributed by atoms with E-state index in [1.54, 1.807) is 0 Å². The predicted octanol–water partition coefficient (Wildman–Crippen LogP) is 3.31. The van der Waals surface area contributed by atoms with Gasteiger partial charge in [0.25, 0.3) is 0 Å². The number of unbranched alkanes of at least 4 members (excludes halogenated alkanes) is 1. The lowest BCUT2D eigenvalue weighted by molar-refractivity contribution is 0.0372. The molecule has 0 spiro atoms. The third-order valence-electron chi connectivity index (χ3n) is 2.71. The molecule has 0 saturated carbocycles. The Kier molecular flexibility index (Phi) is 7.54. The predicted molar refractivity (Wildman–Crippen MR) is 75.7 cm³/mol. The number of aryl methyl sites for hydroxylation is 2. The van der Waals surface area contributed by atoms with E-state index in [1.165, 1.54) is 6.42 Å². The molecule has 18 heavy (non-hydrogen) atoms. The smallest absolute Gasteiger partial charge is 0.0897 e. The van der Waals surface area contributed by atoms with Gasteiger partial charge in [-0.1, -0.05) is 13.3 Å². The van der Waals surface area contributed by atoms with Crippen molar-refractivity contribution in [1.82, 2.24) is 9.78 Å². The van der Waals surface area contributed by atoms with E-state index >= 15 is 0 Å². The monoisotopic (exact) mass is 318 g/mol. The van der Waals surface area contributed by atoms with E-state index in [9.17, 15) is 0 Å². The van der Waals surface area contributed by atoms with Crippen LogP contribution in [0.2, 0.25) is 0 Å². The third-order valence-corrected chi connectivity index (χ3v) is 3.74. The van der Waals surface area contributed by atoms with Crippen molar-refractivity contribution in [2.24, 2.45) is 0 Å². The number of halogens is 1. The zero-order chi connectivity index (χ0) is 13.4. The van der Waals surface area contributed by atoms with Crippen molar-refractivity contribution in [3.63, 3.8) is 0 Å². The molecular weight excluding hydrogens is 296 g/mol. The summed E-state index contributed by atoms with van der Waals surface area (Å²) < 4.78 is 14.1. The highest BCUT2D eigenvalue weighted by Gasteiger charge is 2.11. The molecule has 0 amide bonds. The summed E-state index contributed by atoms with van der Waals surface area (Å²) in [6.45, 7) is 9.79. The van der Waals surface area contributed by atoms with Gasteiger partial charge in [0, 0.05) is 13.2 Å². The van der Waals surface area contributed by atoms with Gasteiger partial charge >= 0.3 is 0 Å². The lowest BCUT2D eigenvalue weighted by Gasteiger charge is -2.07. The van der Waals surface area contributed by atoms with Crippen LogP contribution in [0.4, 0.5) is 0 Å². The van der Waals surface area contributed by atoms with Crippen LogP contribution in [0.3, 0.4) is 0 Å². The highest BCUT2D eigenvalue weighted by Crippen LogP contribution is 2.21. The first kappa shape index (κ1) is 15.7. The third kappa shape index (κ3) is 4.71. The van der Waals surface area contributed by atoms with Crippen molar-refractivity contribution >= 4 is 15.9 Å². The average molecular weight is 319 g/mol. The van der Waals surface area contributed by atoms with Crippen LogP contribution in [-0.4, -0.2) is 29.6 Å². The van der Waals surface area contributed by atoms with Crippen molar-refractivity contribution in [3.05, 3.63) is 15.9 Å². The molecule has 0 aliphatic carbocycles. The Labute approximate surface area is 118 Å². The molecule has 0 N–H and O–H groups in total. The first-order valence-corrected chi connectivity index (χ1v) is 7.37. The Morgan fingerprint density at radius 3 is 2.56 bits per heavy atom. The fraction of sp³-hybridized carbons (Fsp3) is 0.769. The Balaban J connectivity index is 2.26. The van der Waals surface area contributed by atoms with Gasteiger partial charge < -0.3 is 9.47 Å². The summed E-state index contributed by atoms with van der Waals surface area (Å²) in [5.74, 6) is 0. The summed E-state index contributed by atoms with van der Waals surface area (Å²) in [6.07, 6.45) is 2.29. The van der Waals surface area contributed by atoms with Crippen LogP contribution in [0.15, 0.2) is 4.47 Å². The topological polar surface area (TPSA) is 36.3 Å². The second-order valence-corrected chi connectivity index (χ2v) is 4.97. The number of hydrogen-bond acceptors (Lipinski definition) is 3. The van der Waals surface area contributed by atoms with E-state index in [0.29, 0.717) is 19.8 Å². The van der Waals surface area contributed by atoms with Gasteiger partial charge in [-0.05, 0) is 36.2 Å². The number of aromatic nitrogens is 2. The maximum atomic E-state index is 5.62. The zero-order valence-corrected chi connectivity index (χ0v) is 13.1. The van der Waals surface area contributed by atoms with E-state index in [1.807, 2.05) is 11.6 Å². The summed E-state index contributed by atoms with van der Waals surface area (Å²) in [7, 11) is 0. The van der Waals surface area contributed by atoms with E-state index < -0.39 is 0 Å². The van der Waals surface area contributed by atoms with Crippen LogP contribution in [0.1, 0.15) is 38.1 Å². The molecule has 0 fully saturated rings. The maximum Gasteiger partial charge on any atom is 0.0897 e. The van der Waals surface area contributed by atoms with Gasteiger partial charge in [-0.2, -0.15) is 5.10 Å². The molecule has 1 heterocycles. The van der Waals surface area contributed by atoms with Crippen molar-refractivity contribution in [1.29, 1.82) is 0 Å². The molecule has 0 aliphatic rings. The Morgan fingerprint density at radius 2 is 1.89 bits per heavy atom. The minimum absolute atomic E-state index is 0.576. The molecule has 0 saturated heterocycles. The fourth-order valence-corrected chi connectivity index (χ4v) is 2.04. The molecule has 0 aromatic carbocycles. The number of hydrogen-bond donors (Lipinski definition) is 0. The van der Waals surface area contributed by atoms with Crippen molar-refractivity contribution in [2.75, 3.05) is 19.8 Å². The number of nitrogens with zero attached hydrogens (tertiary/aromatic N) is 2. The SMILES string of the molecule is CCCCOCCOCc1c(Br)c(C)nn1CC. The van der Waals surface area contributed by atoms with Crippen LogP contribution in [-0.2, 0) is 22.6 Å². The maximum absolute atomic E-state index is 5.62. The first-order chi connectivity index (χ1) is 8.70. The summed E-state index contributed by atoms with van der Waals surface area (Å²) in [5.41, 5.74) is 2.11. The molecule has 104 valence electrons. The van der Waals surface area contributed by atoms with Gasteiger partial charge in [0.15, 0.2) is 0 Å². The van der Waals surface area contributed by atoms with Crippen LogP contribution >= 0.6 is 15.9 Å². The minimum Gasteiger partial charge on any atom is -0.379 e. The highest BCUT2D eigenvalue weighted by molar-refractivity contribution is 9.10. The molecule has 0 radical (unpaired) electrons. The van der Waals surface area contributed by atoms with Crippen molar-refractivity contribution in [2.45, 2.75) is 46.8 Å². The lowest BCUT2D eigenvalue weighted by Crippen LogP contribution is -2.09. The van der Waals surface area contributed by atoms with Crippen LogP contribution < -0.4 is 0 Å². The van der Waals surface area contributed by atoms with Gasteiger partial charge in [-0.25, -0.2) is 0 Å². The molecule has 1 rings (SSSR count). The van der Waals surface area contributed by atoms with Crippen LogP contribution in [0, 0.1) is 6.92 Å². The standard InChI is InChI=1S/C13H23BrN2O2/c1-4-6-7-17-8-9-18-10-12-13(14)11(3)15-16(12)5-2/h4-10H2,1-3H3. The van der Waals surface area contributed by atoms with Gasteiger partial charge in [0.1, 0.15) is 0 Å². The highest BCUT2D eigenvalue weighted by atomic mass is 79.9. The van der Waals surface area contributed by atoms with Crippen molar-refractivity contribution < 1.29 is 9.47 Å². The average Bonchev–Trinajstić information content (AvgIpc) is 2.65. The normalized spacial score (nSPS) is 11.1. The summed E-state index contributed by atoms with van der Waals surface area (Å²) in [4.78, 5) is 0. The van der Waals surface area contributed by atoms with E-state index in [-0.39, 0.29) is 0 Å². The molecule has 0 bridgehead atoms. The molecule has 1 aromatic heterocycles. The van der Waals surface area contributed by atoms with Crippen LogP contribution in [0.5, 0.6) is 0 Å². The Bertz CT molecular complexity index is 353. The van der Waals surface area contributed by atoms with Gasteiger partial charge in [-0.15, -0.1) is 0 Å². The molecule has 0 atom stereocenters. The van der Waals surface area contributed by atoms with E-state index in [0.717, 1.165) is 35.4 Å². The largest absolute Gasteiger partial charge is 0.379 e. The quantitative estimate of drug-likeness (QED) is 0.655. The first-order valence-electron chi connectivity index (χ1n) is 6.57. The van der Waals surface area contributed by atoms with E-state index in [4.69, 9.17) is 9.47 Å². The molecule has 0 aliphatic heterocycles. The molecule has 4 nitrogen and oxygen atoms in total. The van der Waals surface area contributed by atoms with Gasteiger partial charge in [-0.3, -0.25) is 4.68 Å². The Morgan fingerprint density at radius 1 is 1.17 bits per heavy atom. The fourth-order valence-electron chi connectivity index (χ4n) is 1.64. The van der Waals surface area contributed by atoms with E-state index in [2.05, 4.69) is 34.9 Å². The van der Waals surface area contributed by atoms with Gasteiger partial charge in [0.05, 0.1) is 35.7 Å². The Hall–Kier alpha value is -0.390. The van der Waals surface area contributed by atoms with Crippen LogP contribution in [0.25, 0.3) is 0 Å². The number of rotatable bonds is 9. The lowest BCUT2D eigenvalue weighted by atomic mass is 10.4. The van der Waals surface area contributed by atoms with Gasteiger partial charge in [0.2, 0.25) is 0 Å². The molecular formula is C13H23BrN2O2.